The fourth-order valence-electron chi connectivity index (χ4n) is 2.02. The van der Waals surface area contributed by atoms with Crippen LogP contribution < -0.4 is 5.32 Å². The van der Waals surface area contributed by atoms with Gasteiger partial charge in [-0.05, 0) is 30.3 Å². The molecule has 0 saturated carbocycles. The van der Waals surface area contributed by atoms with E-state index in [1.54, 1.807) is 0 Å². The van der Waals surface area contributed by atoms with Crippen molar-refractivity contribution >= 4 is 27.6 Å². The molecule has 2 rings (SSSR count). The van der Waals surface area contributed by atoms with Gasteiger partial charge in [-0.1, -0.05) is 10.5 Å². The van der Waals surface area contributed by atoms with Gasteiger partial charge in [-0.25, -0.2) is 22.0 Å². The van der Waals surface area contributed by atoms with Gasteiger partial charge >= 0.3 is 5.97 Å². The molecule has 0 bridgehead atoms. The molecule has 2 aromatic rings. The van der Waals surface area contributed by atoms with Gasteiger partial charge in [-0.2, -0.15) is 0 Å². The van der Waals surface area contributed by atoms with E-state index in [9.17, 15) is 26.8 Å². The summed E-state index contributed by atoms with van der Waals surface area (Å²) in [4.78, 5) is 28.3. The van der Waals surface area contributed by atoms with Crippen molar-refractivity contribution < 1.29 is 36.4 Å². The number of rotatable bonds is 7. The van der Waals surface area contributed by atoms with Crippen LogP contribution in [0.4, 0.5) is 14.5 Å². The summed E-state index contributed by atoms with van der Waals surface area (Å²) in [6.45, 7) is -0.759. The van der Waals surface area contributed by atoms with Gasteiger partial charge in [0.1, 0.15) is 11.6 Å². The molecular formula is C17H16F2N2O6S. The maximum Gasteiger partial charge on any atom is 0.338 e. The Kier molecular flexibility index (Phi) is 6.78. The molecule has 8 nitrogen and oxygen atoms in total. The summed E-state index contributed by atoms with van der Waals surface area (Å²) in [6, 6.07) is 7.49. The average molecular weight is 414 g/mol. The van der Waals surface area contributed by atoms with Crippen molar-refractivity contribution in [2.75, 3.05) is 26.1 Å². The molecule has 0 aromatic heterocycles. The Labute approximate surface area is 159 Å². The Morgan fingerprint density at radius 3 is 2.50 bits per heavy atom. The van der Waals surface area contributed by atoms with Gasteiger partial charge in [-0.15, -0.1) is 0 Å². The quantitative estimate of drug-likeness (QED) is 0.549. The minimum absolute atomic E-state index is 0.119. The van der Waals surface area contributed by atoms with E-state index in [2.05, 4.69) is 10.2 Å². The zero-order chi connectivity index (χ0) is 20.9. The van der Waals surface area contributed by atoms with E-state index in [1.807, 2.05) is 0 Å². The third kappa shape index (κ3) is 5.09. The monoisotopic (exact) mass is 414 g/mol. The topological polar surface area (TPSA) is 102 Å². The first kappa shape index (κ1) is 21.4. The summed E-state index contributed by atoms with van der Waals surface area (Å²) >= 11 is 0. The van der Waals surface area contributed by atoms with Crippen LogP contribution in [-0.4, -0.2) is 45.5 Å². The van der Waals surface area contributed by atoms with Gasteiger partial charge in [0.2, 0.25) is 0 Å². The van der Waals surface area contributed by atoms with Crippen molar-refractivity contribution in [2.24, 2.45) is 0 Å². The third-order valence-electron chi connectivity index (χ3n) is 3.50. The number of sulfonamides is 1. The smallest absolute Gasteiger partial charge is 0.338 e. The number of ether oxygens (including phenoxy) is 1. The fraction of sp³-hybridized carbons (Fsp3) is 0.176. The first-order valence-corrected chi connectivity index (χ1v) is 9.14. The summed E-state index contributed by atoms with van der Waals surface area (Å²) in [7, 11) is -1.63. The number of nitrogens with one attached hydrogen (secondary N) is 1. The fourth-order valence-corrected chi connectivity index (χ4v) is 3.04. The Bertz CT molecular complexity index is 997. The highest BCUT2D eigenvalue weighted by Gasteiger charge is 2.22. The van der Waals surface area contributed by atoms with Crippen LogP contribution in [0.5, 0.6) is 0 Å². The number of nitrogens with zero attached hydrogens (tertiary/aromatic N) is 1. The standard InChI is InChI=1S/C17H16F2N2O6S/c1-21(26-2)28(24,25)13-5-3-4-11(8-13)17(23)27-10-16(22)20-15-7-6-12(18)9-14(15)19/h3-9H,10H2,1-2H3,(H,20,22). The van der Waals surface area contributed by atoms with Gasteiger partial charge in [-0.3, -0.25) is 9.63 Å². The summed E-state index contributed by atoms with van der Waals surface area (Å²) in [6.07, 6.45) is 0. The van der Waals surface area contributed by atoms with Crippen LogP contribution in [0.2, 0.25) is 0 Å². The summed E-state index contributed by atoms with van der Waals surface area (Å²) in [5, 5.41) is 2.13. The van der Waals surface area contributed by atoms with E-state index in [-0.39, 0.29) is 16.1 Å². The van der Waals surface area contributed by atoms with Crippen LogP contribution in [0.1, 0.15) is 10.4 Å². The lowest BCUT2D eigenvalue weighted by molar-refractivity contribution is -0.119. The highest BCUT2D eigenvalue weighted by atomic mass is 32.2. The number of anilines is 1. The number of hydrogen-bond acceptors (Lipinski definition) is 6. The van der Waals surface area contributed by atoms with E-state index < -0.39 is 40.1 Å². The molecule has 0 unspecified atom stereocenters. The van der Waals surface area contributed by atoms with Crippen molar-refractivity contribution in [3.8, 4) is 0 Å². The number of carbonyl (C=O) groups is 2. The first-order valence-electron chi connectivity index (χ1n) is 7.70. The van der Waals surface area contributed by atoms with Gasteiger partial charge < -0.3 is 10.1 Å². The van der Waals surface area contributed by atoms with Crippen molar-refractivity contribution in [1.82, 2.24) is 4.47 Å². The Hall–Kier alpha value is -2.89. The number of hydrogen-bond donors (Lipinski definition) is 1. The molecule has 0 atom stereocenters. The number of halogens is 2. The van der Waals surface area contributed by atoms with Crippen LogP contribution >= 0.6 is 0 Å². The maximum absolute atomic E-state index is 13.5. The maximum atomic E-state index is 13.5. The lowest BCUT2D eigenvalue weighted by Crippen LogP contribution is -2.26. The Morgan fingerprint density at radius 2 is 1.86 bits per heavy atom. The summed E-state index contributed by atoms with van der Waals surface area (Å²) < 4.78 is 56.1. The van der Waals surface area contributed by atoms with Gasteiger partial charge in [0.05, 0.1) is 23.3 Å². The molecule has 0 radical (unpaired) electrons. The molecule has 0 saturated heterocycles. The molecule has 0 aliphatic rings. The number of carbonyl (C=O) groups excluding carboxylic acids is 2. The SMILES string of the molecule is CON(C)S(=O)(=O)c1cccc(C(=O)OCC(=O)Nc2ccc(F)cc2F)c1. The third-order valence-corrected chi connectivity index (χ3v) is 5.18. The van der Waals surface area contributed by atoms with Crippen LogP contribution in [0, 0.1) is 11.6 Å². The molecule has 0 fully saturated rings. The molecule has 1 amide bonds. The molecule has 0 heterocycles. The van der Waals surface area contributed by atoms with E-state index in [0.29, 0.717) is 10.5 Å². The molecule has 0 spiro atoms. The molecule has 150 valence electrons. The largest absolute Gasteiger partial charge is 0.452 e. The van der Waals surface area contributed by atoms with Crippen molar-refractivity contribution in [1.29, 1.82) is 0 Å². The van der Waals surface area contributed by atoms with Crippen LogP contribution in [0.15, 0.2) is 47.4 Å². The minimum atomic E-state index is -3.97. The van der Waals surface area contributed by atoms with E-state index >= 15 is 0 Å². The number of esters is 1. The summed E-state index contributed by atoms with van der Waals surface area (Å²) in [5.41, 5.74) is -0.399. The first-order chi connectivity index (χ1) is 13.1. The zero-order valence-electron chi connectivity index (χ0n) is 14.8. The molecule has 0 aliphatic heterocycles. The van der Waals surface area contributed by atoms with Crippen molar-refractivity contribution in [2.45, 2.75) is 4.90 Å². The van der Waals surface area contributed by atoms with E-state index in [1.165, 1.54) is 25.2 Å². The predicted octanol–water partition coefficient (Wildman–Crippen LogP) is 1.94. The summed E-state index contributed by atoms with van der Waals surface area (Å²) in [5.74, 6) is -3.62. The predicted molar refractivity (Wildman–Crippen MR) is 93.7 cm³/mol. The van der Waals surface area contributed by atoms with Gasteiger partial charge in [0.15, 0.2) is 6.61 Å². The number of benzene rings is 2. The molecule has 11 heteroatoms. The highest BCUT2D eigenvalue weighted by molar-refractivity contribution is 7.89. The van der Waals surface area contributed by atoms with Crippen LogP contribution in [0.3, 0.4) is 0 Å². The second-order valence-electron chi connectivity index (χ2n) is 5.37. The van der Waals surface area contributed by atoms with Crippen LogP contribution in [0.25, 0.3) is 0 Å². The molecule has 1 N–H and O–H groups in total. The Balaban J connectivity index is 2.03. The number of amides is 1. The molecule has 28 heavy (non-hydrogen) atoms. The number of hydroxylamine groups is 1. The van der Waals surface area contributed by atoms with Crippen molar-refractivity contribution in [3.05, 3.63) is 59.7 Å². The van der Waals surface area contributed by atoms with Crippen LogP contribution in [-0.2, 0) is 24.4 Å². The van der Waals surface area contributed by atoms with Gasteiger partial charge in [0, 0.05) is 13.1 Å². The average Bonchev–Trinajstić information content (AvgIpc) is 2.67. The second-order valence-corrected chi connectivity index (χ2v) is 7.31. The van der Waals surface area contributed by atoms with Crippen molar-refractivity contribution in [3.63, 3.8) is 0 Å². The van der Waals surface area contributed by atoms with E-state index in [0.717, 1.165) is 25.3 Å². The molecular weight excluding hydrogens is 398 g/mol. The second kappa shape index (κ2) is 8.87. The minimum Gasteiger partial charge on any atom is -0.452 e. The normalized spacial score (nSPS) is 11.3. The zero-order valence-corrected chi connectivity index (χ0v) is 15.6. The highest BCUT2D eigenvalue weighted by Crippen LogP contribution is 2.17. The molecule has 2 aromatic carbocycles. The lowest BCUT2D eigenvalue weighted by Gasteiger charge is -2.14. The molecule has 0 aliphatic carbocycles. The van der Waals surface area contributed by atoms with Gasteiger partial charge in [0.25, 0.3) is 15.9 Å². The lowest BCUT2D eigenvalue weighted by atomic mass is 10.2. The Morgan fingerprint density at radius 1 is 1.14 bits per heavy atom. The van der Waals surface area contributed by atoms with E-state index in [4.69, 9.17) is 4.74 Å².